The van der Waals surface area contributed by atoms with E-state index in [2.05, 4.69) is 15.4 Å². The second-order valence-electron chi connectivity index (χ2n) is 5.07. The van der Waals surface area contributed by atoms with Crippen molar-refractivity contribution in [3.63, 3.8) is 0 Å². The molecule has 1 N–H and O–H groups in total. The Morgan fingerprint density at radius 1 is 1.09 bits per heavy atom. The number of rotatable bonds is 4. The highest BCUT2D eigenvalue weighted by Crippen LogP contribution is 2.18. The molecule has 114 valence electrons. The first-order valence-corrected chi connectivity index (χ1v) is 7.20. The molecule has 0 bridgehead atoms. The van der Waals surface area contributed by atoms with Crippen LogP contribution in [0.4, 0.5) is 5.82 Å². The van der Waals surface area contributed by atoms with E-state index < -0.39 is 0 Å². The van der Waals surface area contributed by atoms with Gasteiger partial charge in [-0.1, -0.05) is 30.3 Å². The predicted octanol–water partition coefficient (Wildman–Crippen LogP) is 3.13. The lowest BCUT2D eigenvalue weighted by Gasteiger charge is -2.04. The Balaban J connectivity index is 1.64. The van der Waals surface area contributed by atoms with E-state index in [-0.39, 0.29) is 5.91 Å². The molecule has 0 fully saturated rings. The Kier molecular flexibility index (Phi) is 4.29. The SMILES string of the molecule is Cn1cc(/C=C/C(=O)Nc2ccc(-c3ccccc3)cn2)cn1. The average Bonchev–Trinajstić information content (AvgIpc) is 3.00. The zero-order chi connectivity index (χ0) is 16.1. The standard InChI is InChI=1S/C18H16N4O/c1-22-13-14(11-20-22)7-10-18(23)21-17-9-8-16(12-19-17)15-5-3-2-4-6-15/h2-13H,1H3,(H,19,21,23)/b10-7+. The van der Waals surface area contributed by atoms with E-state index in [9.17, 15) is 4.79 Å². The minimum atomic E-state index is -0.228. The smallest absolute Gasteiger partial charge is 0.249 e. The molecule has 5 nitrogen and oxygen atoms in total. The van der Waals surface area contributed by atoms with Gasteiger partial charge in [-0.15, -0.1) is 0 Å². The molecule has 0 spiro atoms. The molecular formula is C18H16N4O. The third kappa shape index (κ3) is 3.91. The van der Waals surface area contributed by atoms with Gasteiger partial charge in [-0.25, -0.2) is 4.98 Å². The van der Waals surface area contributed by atoms with Gasteiger partial charge in [0.2, 0.25) is 5.91 Å². The number of nitrogens with one attached hydrogen (secondary N) is 1. The van der Waals surface area contributed by atoms with Crippen LogP contribution in [-0.4, -0.2) is 20.7 Å². The first-order valence-electron chi connectivity index (χ1n) is 7.20. The van der Waals surface area contributed by atoms with E-state index in [1.54, 1.807) is 29.2 Å². The van der Waals surface area contributed by atoms with Crippen LogP contribution >= 0.6 is 0 Å². The number of hydrogen-bond donors (Lipinski definition) is 1. The van der Waals surface area contributed by atoms with E-state index in [0.29, 0.717) is 5.82 Å². The monoisotopic (exact) mass is 304 g/mol. The number of benzene rings is 1. The summed E-state index contributed by atoms with van der Waals surface area (Å²) in [7, 11) is 1.83. The summed E-state index contributed by atoms with van der Waals surface area (Å²) in [6, 6.07) is 13.7. The lowest BCUT2D eigenvalue weighted by atomic mass is 10.1. The van der Waals surface area contributed by atoms with Crippen LogP contribution in [0, 0.1) is 0 Å². The second-order valence-corrected chi connectivity index (χ2v) is 5.07. The van der Waals surface area contributed by atoms with Crippen molar-refractivity contribution in [1.29, 1.82) is 0 Å². The number of pyridine rings is 1. The summed E-state index contributed by atoms with van der Waals surface area (Å²) in [6.45, 7) is 0. The minimum Gasteiger partial charge on any atom is -0.307 e. The molecule has 1 aromatic carbocycles. The Morgan fingerprint density at radius 2 is 1.91 bits per heavy atom. The van der Waals surface area contributed by atoms with Crippen LogP contribution in [0.5, 0.6) is 0 Å². The molecule has 2 aromatic heterocycles. The van der Waals surface area contributed by atoms with Crippen LogP contribution in [0.1, 0.15) is 5.56 Å². The van der Waals surface area contributed by atoms with E-state index in [0.717, 1.165) is 16.7 Å². The summed E-state index contributed by atoms with van der Waals surface area (Å²) in [4.78, 5) is 16.2. The first-order chi connectivity index (χ1) is 11.2. The van der Waals surface area contributed by atoms with Gasteiger partial charge in [-0.05, 0) is 23.8 Å². The fraction of sp³-hybridized carbons (Fsp3) is 0.0556. The summed E-state index contributed by atoms with van der Waals surface area (Å²) < 4.78 is 1.68. The number of aromatic nitrogens is 3. The van der Waals surface area contributed by atoms with Gasteiger partial charge in [0.15, 0.2) is 0 Å². The van der Waals surface area contributed by atoms with Gasteiger partial charge in [0.1, 0.15) is 5.82 Å². The van der Waals surface area contributed by atoms with E-state index in [1.807, 2.05) is 49.6 Å². The number of carbonyl (C=O) groups excluding carboxylic acids is 1. The molecule has 23 heavy (non-hydrogen) atoms. The summed E-state index contributed by atoms with van der Waals surface area (Å²) >= 11 is 0. The molecule has 5 heteroatoms. The number of carbonyl (C=O) groups is 1. The van der Waals surface area contributed by atoms with Crippen LogP contribution in [-0.2, 0) is 11.8 Å². The molecule has 3 rings (SSSR count). The molecule has 3 aromatic rings. The number of aryl methyl sites for hydroxylation is 1. The van der Waals surface area contributed by atoms with Gasteiger partial charge in [0, 0.05) is 36.6 Å². The Morgan fingerprint density at radius 3 is 2.57 bits per heavy atom. The Bertz CT molecular complexity index is 820. The fourth-order valence-electron chi connectivity index (χ4n) is 2.14. The zero-order valence-electron chi connectivity index (χ0n) is 12.7. The highest BCUT2D eigenvalue weighted by Gasteiger charge is 2.01. The first kappa shape index (κ1) is 14.7. The molecular weight excluding hydrogens is 288 g/mol. The molecule has 0 saturated carbocycles. The number of hydrogen-bond acceptors (Lipinski definition) is 3. The second kappa shape index (κ2) is 6.70. The molecule has 0 radical (unpaired) electrons. The summed E-state index contributed by atoms with van der Waals surface area (Å²) in [5, 5.41) is 6.77. The summed E-state index contributed by atoms with van der Waals surface area (Å²) in [6.07, 6.45) is 8.44. The van der Waals surface area contributed by atoms with Gasteiger partial charge in [-0.2, -0.15) is 5.10 Å². The molecule has 0 atom stereocenters. The number of amides is 1. The third-order valence-electron chi connectivity index (χ3n) is 3.27. The van der Waals surface area contributed by atoms with E-state index in [4.69, 9.17) is 0 Å². The third-order valence-corrected chi connectivity index (χ3v) is 3.27. The van der Waals surface area contributed by atoms with E-state index in [1.165, 1.54) is 6.08 Å². The molecule has 0 aliphatic rings. The summed E-state index contributed by atoms with van der Waals surface area (Å²) in [5.74, 6) is 0.291. The van der Waals surface area contributed by atoms with Crippen LogP contribution in [0.2, 0.25) is 0 Å². The Hall–Kier alpha value is -3.21. The largest absolute Gasteiger partial charge is 0.307 e. The Labute approximate surface area is 134 Å². The van der Waals surface area contributed by atoms with Crippen molar-refractivity contribution in [2.75, 3.05) is 5.32 Å². The molecule has 0 saturated heterocycles. The fourth-order valence-corrected chi connectivity index (χ4v) is 2.14. The summed E-state index contributed by atoms with van der Waals surface area (Å²) in [5.41, 5.74) is 2.97. The lowest BCUT2D eigenvalue weighted by Crippen LogP contribution is -2.08. The molecule has 0 unspecified atom stereocenters. The highest BCUT2D eigenvalue weighted by molar-refractivity contribution is 6.01. The van der Waals surface area contributed by atoms with Crippen molar-refractivity contribution >= 4 is 17.8 Å². The van der Waals surface area contributed by atoms with Gasteiger partial charge < -0.3 is 5.32 Å². The maximum Gasteiger partial charge on any atom is 0.249 e. The molecule has 0 aliphatic heterocycles. The van der Waals surface area contributed by atoms with Crippen molar-refractivity contribution in [1.82, 2.24) is 14.8 Å². The minimum absolute atomic E-state index is 0.228. The molecule has 2 heterocycles. The van der Waals surface area contributed by atoms with E-state index >= 15 is 0 Å². The van der Waals surface area contributed by atoms with Gasteiger partial charge in [0.25, 0.3) is 0 Å². The molecule has 0 aliphatic carbocycles. The van der Waals surface area contributed by atoms with Crippen molar-refractivity contribution in [2.45, 2.75) is 0 Å². The van der Waals surface area contributed by atoms with Crippen LogP contribution in [0.15, 0.2) is 67.1 Å². The zero-order valence-corrected chi connectivity index (χ0v) is 12.7. The number of nitrogens with zero attached hydrogens (tertiary/aromatic N) is 3. The van der Waals surface area contributed by atoms with Crippen LogP contribution in [0.25, 0.3) is 17.2 Å². The van der Waals surface area contributed by atoms with Gasteiger partial charge in [0.05, 0.1) is 6.20 Å². The van der Waals surface area contributed by atoms with Crippen molar-refractivity contribution in [3.05, 3.63) is 72.7 Å². The normalized spacial score (nSPS) is 10.8. The van der Waals surface area contributed by atoms with Crippen LogP contribution < -0.4 is 5.32 Å². The van der Waals surface area contributed by atoms with Gasteiger partial charge in [-0.3, -0.25) is 9.48 Å². The van der Waals surface area contributed by atoms with Crippen molar-refractivity contribution in [2.24, 2.45) is 7.05 Å². The maximum absolute atomic E-state index is 11.9. The average molecular weight is 304 g/mol. The number of anilines is 1. The van der Waals surface area contributed by atoms with Gasteiger partial charge >= 0.3 is 0 Å². The van der Waals surface area contributed by atoms with Crippen molar-refractivity contribution < 1.29 is 4.79 Å². The predicted molar refractivity (Wildman–Crippen MR) is 90.5 cm³/mol. The van der Waals surface area contributed by atoms with Crippen LogP contribution in [0.3, 0.4) is 0 Å². The molecule has 1 amide bonds. The lowest BCUT2D eigenvalue weighted by molar-refractivity contribution is -0.111. The highest BCUT2D eigenvalue weighted by atomic mass is 16.1. The van der Waals surface area contributed by atoms with Crippen molar-refractivity contribution in [3.8, 4) is 11.1 Å². The quantitative estimate of drug-likeness (QED) is 0.753. The maximum atomic E-state index is 11.9. The topological polar surface area (TPSA) is 59.8 Å².